The first-order valence-electron chi connectivity index (χ1n) is 6.42. The number of carbonyl (C=O) groups excluding carboxylic acids is 1. The molecule has 0 bridgehead atoms. The number of carbonyl (C=O) groups is 2. The van der Waals surface area contributed by atoms with E-state index in [1.165, 1.54) is 0 Å². The molecule has 0 aliphatic carbocycles. The molecule has 1 aromatic carbocycles. The Bertz CT molecular complexity index is 452. The van der Waals surface area contributed by atoms with Crippen molar-refractivity contribution in [3.63, 3.8) is 0 Å². The molecule has 110 valence electrons. The van der Waals surface area contributed by atoms with Crippen LogP contribution in [-0.4, -0.2) is 35.7 Å². The fraction of sp³-hybridized carbons (Fsp3) is 0.429. The van der Waals surface area contributed by atoms with E-state index in [0.29, 0.717) is 13.1 Å². The third-order valence-electron chi connectivity index (χ3n) is 2.71. The lowest BCUT2D eigenvalue weighted by Crippen LogP contribution is -2.36. The van der Waals surface area contributed by atoms with E-state index < -0.39 is 5.97 Å². The fourth-order valence-corrected chi connectivity index (χ4v) is 2.15. The lowest BCUT2D eigenvalue weighted by molar-refractivity contribution is -0.136. The van der Waals surface area contributed by atoms with E-state index in [1.807, 2.05) is 18.4 Å². The van der Waals surface area contributed by atoms with Gasteiger partial charge < -0.3 is 15.7 Å². The SMILES string of the molecule is CSCCCNC(=O)NCc1ccccc1CC(=O)O. The maximum Gasteiger partial charge on any atom is 0.315 e. The van der Waals surface area contributed by atoms with Crippen LogP contribution >= 0.6 is 11.8 Å². The molecule has 1 rings (SSSR count). The largest absolute Gasteiger partial charge is 0.481 e. The van der Waals surface area contributed by atoms with E-state index in [-0.39, 0.29) is 12.5 Å². The van der Waals surface area contributed by atoms with Crippen molar-refractivity contribution in [2.45, 2.75) is 19.4 Å². The van der Waals surface area contributed by atoms with Crippen LogP contribution in [0.25, 0.3) is 0 Å². The van der Waals surface area contributed by atoms with Gasteiger partial charge in [0.1, 0.15) is 0 Å². The van der Waals surface area contributed by atoms with Crippen LogP contribution in [0.3, 0.4) is 0 Å². The van der Waals surface area contributed by atoms with Crippen LogP contribution in [0.2, 0.25) is 0 Å². The Kier molecular flexibility index (Phi) is 7.57. The summed E-state index contributed by atoms with van der Waals surface area (Å²) >= 11 is 1.74. The summed E-state index contributed by atoms with van der Waals surface area (Å²) in [5.74, 6) is 0.140. The van der Waals surface area contributed by atoms with Crippen molar-refractivity contribution in [3.05, 3.63) is 35.4 Å². The molecule has 5 nitrogen and oxygen atoms in total. The molecule has 0 saturated carbocycles. The number of aliphatic carboxylic acids is 1. The molecule has 0 fully saturated rings. The van der Waals surface area contributed by atoms with Gasteiger partial charge in [-0.05, 0) is 29.6 Å². The molecule has 0 atom stereocenters. The Morgan fingerprint density at radius 1 is 1.20 bits per heavy atom. The van der Waals surface area contributed by atoms with Gasteiger partial charge in [-0.2, -0.15) is 11.8 Å². The third-order valence-corrected chi connectivity index (χ3v) is 3.41. The molecule has 0 aromatic heterocycles. The normalized spacial score (nSPS) is 10.1. The average Bonchev–Trinajstić information content (AvgIpc) is 2.42. The van der Waals surface area contributed by atoms with Gasteiger partial charge in [0.2, 0.25) is 0 Å². The molecule has 0 saturated heterocycles. The van der Waals surface area contributed by atoms with Gasteiger partial charge in [-0.3, -0.25) is 4.79 Å². The van der Waals surface area contributed by atoms with Gasteiger partial charge in [-0.1, -0.05) is 24.3 Å². The summed E-state index contributed by atoms with van der Waals surface area (Å²) in [7, 11) is 0. The Morgan fingerprint density at radius 3 is 2.55 bits per heavy atom. The molecule has 0 aliphatic rings. The van der Waals surface area contributed by atoms with Crippen LogP contribution in [0.1, 0.15) is 17.5 Å². The van der Waals surface area contributed by atoms with Gasteiger partial charge in [0.15, 0.2) is 0 Å². The second-order valence-electron chi connectivity index (χ2n) is 4.30. The van der Waals surface area contributed by atoms with Crippen molar-refractivity contribution in [1.82, 2.24) is 10.6 Å². The molecular weight excluding hydrogens is 276 g/mol. The second-order valence-corrected chi connectivity index (χ2v) is 5.28. The van der Waals surface area contributed by atoms with Crippen LogP contribution in [0, 0.1) is 0 Å². The fourth-order valence-electron chi connectivity index (χ4n) is 1.72. The number of carboxylic acid groups (broad SMARTS) is 1. The van der Waals surface area contributed by atoms with Crippen LogP contribution in [0.15, 0.2) is 24.3 Å². The highest BCUT2D eigenvalue weighted by atomic mass is 32.2. The van der Waals surface area contributed by atoms with Gasteiger partial charge in [0.25, 0.3) is 0 Å². The molecule has 1 aromatic rings. The first-order chi connectivity index (χ1) is 9.63. The maximum atomic E-state index is 11.6. The number of benzene rings is 1. The van der Waals surface area contributed by atoms with Gasteiger partial charge in [-0.15, -0.1) is 0 Å². The number of carboxylic acids is 1. The van der Waals surface area contributed by atoms with E-state index >= 15 is 0 Å². The van der Waals surface area contributed by atoms with Gasteiger partial charge in [0, 0.05) is 13.1 Å². The molecule has 6 heteroatoms. The number of hydrogen-bond donors (Lipinski definition) is 3. The second kappa shape index (κ2) is 9.25. The van der Waals surface area contributed by atoms with E-state index in [2.05, 4.69) is 10.6 Å². The molecule has 0 heterocycles. The minimum atomic E-state index is -0.876. The van der Waals surface area contributed by atoms with Crippen molar-refractivity contribution in [2.24, 2.45) is 0 Å². The quantitative estimate of drug-likeness (QED) is 0.640. The third kappa shape index (κ3) is 6.47. The van der Waals surface area contributed by atoms with Crippen LogP contribution < -0.4 is 10.6 Å². The summed E-state index contributed by atoms with van der Waals surface area (Å²) in [5, 5.41) is 14.3. The zero-order valence-electron chi connectivity index (χ0n) is 11.5. The first-order valence-corrected chi connectivity index (χ1v) is 7.82. The zero-order valence-corrected chi connectivity index (χ0v) is 12.3. The van der Waals surface area contributed by atoms with Crippen LogP contribution in [0.5, 0.6) is 0 Å². The first kappa shape index (κ1) is 16.4. The molecular formula is C14H20N2O3S. The van der Waals surface area contributed by atoms with Gasteiger partial charge >= 0.3 is 12.0 Å². The molecule has 2 amide bonds. The Hall–Kier alpha value is -1.69. The average molecular weight is 296 g/mol. The zero-order chi connectivity index (χ0) is 14.8. The van der Waals surface area contributed by atoms with Crippen molar-refractivity contribution < 1.29 is 14.7 Å². The minimum Gasteiger partial charge on any atom is -0.481 e. The number of thioether (sulfide) groups is 1. The Morgan fingerprint density at radius 2 is 1.90 bits per heavy atom. The molecule has 0 aliphatic heterocycles. The van der Waals surface area contributed by atoms with Crippen molar-refractivity contribution in [1.29, 1.82) is 0 Å². The van der Waals surface area contributed by atoms with E-state index in [4.69, 9.17) is 5.11 Å². The van der Waals surface area contributed by atoms with E-state index in [9.17, 15) is 9.59 Å². The molecule has 20 heavy (non-hydrogen) atoms. The number of rotatable bonds is 8. The van der Waals surface area contributed by atoms with Crippen molar-refractivity contribution in [3.8, 4) is 0 Å². The standard InChI is InChI=1S/C14H20N2O3S/c1-20-8-4-7-15-14(19)16-10-12-6-3-2-5-11(12)9-13(17)18/h2-3,5-6H,4,7-10H2,1H3,(H,17,18)(H2,15,16,19). The summed E-state index contributed by atoms with van der Waals surface area (Å²) in [6, 6.07) is 6.99. The smallest absolute Gasteiger partial charge is 0.315 e. The predicted octanol–water partition coefficient (Wildman–Crippen LogP) is 1.87. The summed E-state index contributed by atoms with van der Waals surface area (Å²) in [5.41, 5.74) is 1.55. The summed E-state index contributed by atoms with van der Waals surface area (Å²) in [4.78, 5) is 22.3. The van der Waals surface area contributed by atoms with Crippen molar-refractivity contribution >= 4 is 23.8 Å². The van der Waals surface area contributed by atoms with Gasteiger partial charge in [0.05, 0.1) is 6.42 Å². The summed E-state index contributed by atoms with van der Waals surface area (Å²) < 4.78 is 0. The van der Waals surface area contributed by atoms with Crippen molar-refractivity contribution in [2.75, 3.05) is 18.6 Å². The monoisotopic (exact) mass is 296 g/mol. The summed E-state index contributed by atoms with van der Waals surface area (Å²) in [6.07, 6.45) is 2.93. The number of nitrogens with one attached hydrogen (secondary N) is 2. The minimum absolute atomic E-state index is 0.0345. The molecule has 3 N–H and O–H groups in total. The van der Waals surface area contributed by atoms with Crippen LogP contribution in [0.4, 0.5) is 4.79 Å². The lowest BCUT2D eigenvalue weighted by Gasteiger charge is -2.10. The highest BCUT2D eigenvalue weighted by Crippen LogP contribution is 2.09. The number of urea groups is 1. The van der Waals surface area contributed by atoms with Crippen LogP contribution in [-0.2, 0) is 17.8 Å². The Labute approximate surface area is 123 Å². The molecule has 0 spiro atoms. The topological polar surface area (TPSA) is 78.4 Å². The van der Waals surface area contributed by atoms with E-state index in [1.54, 1.807) is 23.9 Å². The molecule has 0 unspecified atom stereocenters. The highest BCUT2D eigenvalue weighted by Gasteiger charge is 2.07. The predicted molar refractivity (Wildman–Crippen MR) is 81.0 cm³/mol. The maximum absolute atomic E-state index is 11.6. The number of amides is 2. The Balaban J connectivity index is 2.41. The summed E-state index contributed by atoms with van der Waals surface area (Å²) in [6.45, 7) is 0.973. The molecule has 0 radical (unpaired) electrons. The highest BCUT2D eigenvalue weighted by molar-refractivity contribution is 7.98. The number of hydrogen-bond acceptors (Lipinski definition) is 3. The van der Waals surface area contributed by atoms with Gasteiger partial charge in [-0.25, -0.2) is 4.79 Å². The lowest BCUT2D eigenvalue weighted by atomic mass is 10.0. The van der Waals surface area contributed by atoms with E-state index in [0.717, 1.165) is 23.3 Å².